The van der Waals surface area contributed by atoms with Gasteiger partial charge in [0.15, 0.2) is 11.5 Å². The maximum atomic E-state index is 12.3. The predicted octanol–water partition coefficient (Wildman–Crippen LogP) is 6.68. The van der Waals surface area contributed by atoms with Gasteiger partial charge >= 0.3 is 0 Å². The van der Waals surface area contributed by atoms with Gasteiger partial charge in [-0.15, -0.1) is 10.1 Å². The average Bonchev–Trinajstić information content (AvgIpc) is 3.04. The van der Waals surface area contributed by atoms with E-state index in [4.69, 9.17) is 14.5 Å². The summed E-state index contributed by atoms with van der Waals surface area (Å²) in [6.07, 6.45) is 15.0. The Bertz CT molecular complexity index is 1410. The first kappa shape index (κ1) is 32.6. The molecule has 1 heterocycles. The third-order valence-corrected chi connectivity index (χ3v) is 7.73. The minimum atomic E-state index is -0.824. The fourth-order valence-corrected chi connectivity index (χ4v) is 5.47. The van der Waals surface area contributed by atoms with Gasteiger partial charge in [-0.1, -0.05) is 49.9 Å². The number of fused-ring (bicyclic) bond motifs is 2. The van der Waals surface area contributed by atoms with Crippen LogP contribution in [0.1, 0.15) is 74.6 Å². The highest BCUT2D eigenvalue weighted by Gasteiger charge is 2.17. The second kappa shape index (κ2) is 17.7. The van der Waals surface area contributed by atoms with E-state index in [1.165, 1.54) is 61.2 Å². The third-order valence-electron chi connectivity index (χ3n) is 7.73. The Balaban J connectivity index is 1.07. The number of carbonyl (C=O) groups excluding carboxylic acids is 1. The maximum absolute atomic E-state index is 12.3. The summed E-state index contributed by atoms with van der Waals surface area (Å²) in [5, 5.41) is 17.3. The molecule has 1 aliphatic rings. The topological polar surface area (TPSA) is 125 Å². The average molecular weight is 605 g/mol. The number of rotatable bonds is 19. The van der Waals surface area contributed by atoms with E-state index >= 15 is 0 Å². The molecule has 236 valence electrons. The van der Waals surface area contributed by atoms with Crippen molar-refractivity contribution >= 4 is 28.6 Å². The van der Waals surface area contributed by atoms with Crippen molar-refractivity contribution in [2.45, 2.75) is 70.6 Å². The number of methoxy groups -OCH3 is 1. The number of aromatic nitrogens is 1. The van der Waals surface area contributed by atoms with Crippen LogP contribution in [-0.4, -0.2) is 49.4 Å². The van der Waals surface area contributed by atoms with Gasteiger partial charge in [0.1, 0.15) is 0 Å². The van der Waals surface area contributed by atoms with E-state index in [2.05, 4.69) is 39.7 Å². The smallest absolute Gasteiger partial charge is 0.294 e. The number of unbranched alkanes of at least 4 members (excludes halogenated alkanes) is 5. The number of nitrogens with zero attached hydrogens (tertiary/aromatic N) is 2. The fraction of sp³-hybridized carbons (Fsp3) is 0.471. The Morgan fingerprint density at radius 2 is 1.73 bits per heavy atom. The zero-order chi connectivity index (χ0) is 31.0. The molecule has 44 heavy (non-hydrogen) atoms. The van der Waals surface area contributed by atoms with Crippen LogP contribution >= 0.6 is 0 Å². The lowest BCUT2D eigenvalue weighted by molar-refractivity contribution is -0.757. The summed E-state index contributed by atoms with van der Waals surface area (Å²) in [5.74, 6) is 0.905. The van der Waals surface area contributed by atoms with Crippen molar-refractivity contribution in [2.75, 3.05) is 38.7 Å². The predicted molar refractivity (Wildman–Crippen MR) is 173 cm³/mol. The van der Waals surface area contributed by atoms with Gasteiger partial charge in [0.2, 0.25) is 5.91 Å². The number of carbonyl (C=O) groups is 1. The monoisotopic (exact) mass is 604 g/mol. The molecule has 2 aromatic carbocycles. The number of hydrogen-bond acceptors (Lipinski definition) is 8. The normalized spacial score (nSPS) is 12.6. The van der Waals surface area contributed by atoms with Gasteiger partial charge in [-0.2, -0.15) is 0 Å². The van der Waals surface area contributed by atoms with Crippen molar-refractivity contribution in [3.05, 3.63) is 75.5 Å². The lowest BCUT2D eigenvalue weighted by Gasteiger charge is -2.21. The van der Waals surface area contributed by atoms with Gasteiger partial charge in [0, 0.05) is 42.4 Å². The standard InChI is InChI=1S/C34H44N4O6/c1-42-32-25-26(17-19-31(32)43-23-12-24-44-38(40)41)18-20-33(39)35-21-10-4-2-3-5-11-22-36-34-27-13-6-8-15-29(27)37-30-16-9-7-14-28(30)34/h6,8,13,15,17-20,25H,2-5,7,9-12,14,16,21-24H2,1H3,(H,35,39)(H,36,37)/b20-18+. The van der Waals surface area contributed by atoms with Crippen molar-refractivity contribution in [1.29, 1.82) is 0 Å². The molecule has 1 aliphatic carbocycles. The number of aryl methyl sites for hydroxylation is 1. The Hall–Kier alpha value is -4.34. The molecule has 0 fully saturated rings. The van der Waals surface area contributed by atoms with Gasteiger partial charge in [-0.05, 0) is 73.9 Å². The van der Waals surface area contributed by atoms with Crippen molar-refractivity contribution in [3.8, 4) is 11.5 Å². The highest BCUT2D eigenvalue weighted by Crippen LogP contribution is 2.33. The molecule has 0 saturated carbocycles. The van der Waals surface area contributed by atoms with Gasteiger partial charge in [-0.3, -0.25) is 9.78 Å². The first-order valence-corrected chi connectivity index (χ1v) is 15.7. The summed E-state index contributed by atoms with van der Waals surface area (Å²) < 4.78 is 11.0. The molecule has 0 radical (unpaired) electrons. The summed E-state index contributed by atoms with van der Waals surface area (Å²) in [6, 6.07) is 13.8. The Labute approximate surface area is 259 Å². The quantitative estimate of drug-likeness (QED) is 0.0672. The van der Waals surface area contributed by atoms with Crippen LogP contribution in [0.2, 0.25) is 0 Å². The molecule has 2 N–H and O–H groups in total. The molecule has 0 aliphatic heterocycles. The largest absolute Gasteiger partial charge is 0.493 e. The van der Waals surface area contributed by atoms with Gasteiger partial charge in [-0.25, -0.2) is 0 Å². The summed E-state index contributed by atoms with van der Waals surface area (Å²) in [4.78, 5) is 31.7. The number of para-hydroxylation sites is 1. The number of amides is 1. The van der Waals surface area contributed by atoms with Crippen LogP contribution in [0.5, 0.6) is 11.5 Å². The van der Waals surface area contributed by atoms with E-state index in [0.717, 1.165) is 56.1 Å². The summed E-state index contributed by atoms with van der Waals surface area (Å²) in [7, 11) is 1.53. The van der Waals surface area contributed by atoms with E-state index in [-0.39, 0.29) is 19.1 Å². The van der Waals surface area contributed by atoms with E-state index in [1.54, 1.807) is 18.2 Å². The van der Waals surface area contributed by atoms with Crippen LogP contribution in [0.15, 0.2) is 48.5 Å². The Morgan fingerprint density at radius 3 is 2.55 bits per heavy atom. The molecule has 1 aromatic heterocycles. The SMILES string of the molecule is COc1cc(/C=C/C(=O)NCCCCCCCCNc2c3c(nc4ccccc24)CCCC3)ccc1OCCCO[N+](=O)[O-]. The number of nitrogens with one attached hydrogen (secondary N) is 2. The third kappa shape index (κ3) is 10.1. The first-order valence-electron chi connectivity index (χ1n) is 15.7. The van der Waals surface area contributed by atoms with Crippen LogP contribution in [0.3, 0.4) is 0 Å². The molecule has 3 aromatic rings. The molecule has 0 atom stereocenters. The number of pyridine rings is 1. The molecule has 1 amide bonds. The van der Waals surface area contributed by atoms with Crippen LogP contribution in [0.25, 0.3) is 17.0 Å². The van der Waals surface area contributed by atoms with Crippen molar-refractivity contribution in [3.63, 3.8) is 0 Å². The molecule has 0 saturated heterocycles. The minimum absolute atomic E-state index is 0.0320. The zero-order valence-electron chi connectivity index (χ0n) is 25.6. The van der Waals surface area contributed by atoms with Crippen molar-refractivity contribution in [2.24, 2.45) is 0 Å². The molecular formula is C34H44N4O6. The van der Waals surface area contributed by atoms with Gasteiger partial charge in [0.05, 0.1) is 25.8 Å². The van der Waals surface area contributed by atoms with Gasteiger partial charge in [0.25, 0.3) is 5.09 Å². The number of hydrogen-bond donors (Lipinski definition) is 2. The summed E-state index contributed by atoms with van der Waals surface area (Å²) in [5.41, 5.74) is 5.89. The maximum Gasteiger partial charge on any atom is 0.294 e. The van der Waals surface area contributed by atoms with Crippen LogP contribution in [0, 0.1) is 10.1 Å². The van der Waals surface area contributed by atoms with Crippen LogP contribution in [-0.2, 0) is 22.5 Å². The lowest BCUT2D eigenvalue weighted by Crippen LogP contribution is -2.21. The van der Waals surface area contributed by atoms with Gasteiger partial charge < -0.3 is 24.9 Å². The van der Waals surface area contributed by atoms with Crippen LogP contribution in [0.4, 0.5) is 5.69 Å². The molecule has 0 spiro atoms. The second-order valence-corrected chi connectivity index (χ2v) is 11.0. The summed E-state index contributed by atoms with van der Waals surface area (Å²) in [6.45, 7) is 1.85. The lowest BCUT2D eigenvalue weighted by atomic mass is 9.92. The van der Waals surface area contributed by atoms with E-state index in [0.29, 0.717) is 24.5 Å². The molecule has 0 bridgehead atoms. The van der Waals surface area contributed by atoms with Crippen molar-refractivity contribution < 1.29 is 24.2 Å². The molecule has 0 unspecified atom stereocenters. The second-order valence-electron chi connectivity index (χ2n) is 11.0. The molecule has 4 rings (SSSR count). The Kier molecular flexibility index (Phi) is 13.1. The van der Waals surface area contributed by atoms with E-state index < -0.39 is 5.09 Å². The van der Waals surface area contributed by atoms with E-state index in [9.17, 15) is 14.9 Å². The Morgan fingerprint density at radius 1 is 0.955 bits per heavy atom. The highest BCUT2D eigenvalue weighted by molar-refractivity contribution is 5.93. The minimum Gasteiger partial charge on any atom is -0.493 e. The number of anilines is 1. The van der Waals surface area contributed by atoms with Crippen molar-refractivity contribution in [1.82, 2.24) is 10.3 Å². The number of ether oxygens (including phenoxy) is 2. The first-order chi connectivity index (χ1) is 21.5. The van der Waals surface area contributed by atoms with E-state index in [1.807, 2.05) is 6.07 Å². The summed E-state index contributed by atoms with van der Waals surface area (Å²) >= 11 is 0. The zero-order valence-corrected chi connectivity index (χ0v) is 25.6. The van der Waals surface area contributed by atoms with Crippen LogP contribution < -0.4 is 20.1 Å². The fourth-order valence-electron chi connectivity index (χ4n) is 5.47. The molecule has 10 heteroatoms. The molecule has 10 nitrogen and oxygen atoms in total. The molecular weight excluding hydrogens is 560 g/mol. The number of benzene rings is 2. The highest BCUT2D eigenvalue weighted by atomic mass is 16.9.